The lowest BCUT2D eigenvalue weighted by Gasteiger charge is -2.28. The number of urea groups is 1. The molecule has 122 valence electrons. The topological polar surface area (TPSA) is 67.4 Å². The first-order chi connectivity index (χ1) is 10.9. The van der Waals surface area contributed by atoms with Crippen molar-refractivity contribution in [3.8, 4) is 0 Å². The molecule has 1 atom stereocenters. The lowest BCUT2D eigenvalue weighted by molar-refractivity contribution is -0.138. The van der Waals surface area contributed by atoms with Crippen molar-refractivity contribution in [3.05, 3.63) is 57.2 Å². The van der Waals surface area contributed by atoms with Crippen LogP contribution in [0.3, 0.4) is 0 Å². The van der Waals surface area contributed by atoms with Gasteiger partial charge in [-0.25, -0.2) is 9.59 Å². The summed E-state index contributed by atoms with van der Waals surface area (Å²) < 4.78 is 5.20. The predicted molar refractivity (Wildman–Crippen MR) is 89.3 cm³/mol. The molecular weight excluding hydrogens is 339 g/mol. The van der Waals surface area contributed by atoms with Crippen molar-refractivity contribution >= 4 is 35.2 Å². The van der Waals surface area contributed by atoms with Gasteiger partial charge in [-0.15, -0.1) is 0 Å². The summed E-state index contributed by atoms with van der Waals surface area (Å²) in [7, 11) is 0. The van der Waals surface area contributed by atoms with E-state index in [0.717, 1.165) is 0 Å². The van der Waals surface area contributed by atoms with Crippen LogP contribution >= 0.6 is 23.2 Å². The van der Waals surface area contributed by atoms with Crippen molar-refractivity contribution in [2.24, 2.45) is 0 Å². The Labute approximate surface area is 144 Å². The van der Waals surface area contributed by atoms with Gasteiger partial charge in [0, 0.05) is 15.7 Å². The summed E-state index contributed by atoms with van der Waals surface area (Å²) in [5.74, 6) is -0.524. The third kappa shape index (κ3) is 4.06. The Bertz CT molecular complexity index is 699. The van der Waals surface area contributed by atoms with E-state index in [4.69, 9.17) is 27.9 Å². The van der Waals surface area contributed by atoms with Gasteiger partial charge in [-0.05, 0) is 31.5 Å². The van der Waals surface area contributed by atoms with E-state index >= 15 is 0 Å². The fourth-order valence-electron chi connectivity index (χ4n) is 2.23. The first-order valence-electron chi connectivity index (χ1n) is 6.95. The van der Waals surface area contributed by atoms with E-state index in [1.165, 1.54) is 0 Å². The van der Waals surface area contributed by atoms with Crippen LogP contribution in [-0.4, -0.2) is 18.6 Å². The molecule has 2 N–H and O–H groups in total. The molecule has 5 nitrogen and oxygen atoms in total. The Hall–Kier alpha value is -1.98. The average Bonchev–Trinajstić information content (AvgIpc) is 2.46. The SMILES string of the molecule is C/C=C/COC(=O)C1=C(C)NC(=O)N[C@H]1c1ccc(Cl)cc1Cl. The predicted octanol–water partition coefficient (Wildman–Crippen LogP) is 3.74. The quantitative estimate of drug-likeness (QED) is 0.639. The zero-order valence-corrected chi connectivity index (χ0v) is 14.2. The van der Waals surface area contributed by atoms with Gasteiger partial charge in [0.25, 0.3) is 0 Å². The Morgan fingerprint density at radius 3 is 2.78 bits per heavy atom. The highest BCUT2D eigenvalue weighted by molar-refractivity contribution is 6.35. The molecule has 1 heterocycles. The zero-order valence-electron chi connectivity index (χ0n) is 12.7. The van der Waals surface area contributed by atoms with E-state index < -0.39 is 18.0 Å². The van der Waals surface area contributed by atoms with Crippen LogP contribution in [0.2, 0.25) is 10.0 Å². The lowest BCUT2D eigenvalue weighted by Crippen LogP contribution is -2.45. The minimum absolute atomic E-state index is 0.154. The molecule has 0 bridgehead atoms. The lowest BCUT2D eigenvalue weighted by atomic mass is 9.95. The Kier molecular flexibility index (Phi) is 5.69. The van der Waals surface area contributed by atoms with Gasteiger partial charge in [0.15, 0.2) is 0 Å². The second kappa shape index (κ2) is 7.53. The highest BCUT2D eigenvalue weighted by Crippen LogP contribution is 2.33. The number of ether oxygens (including phenoxy) is 1. The zero-order chi connectivity index (χ0) is 17.0. The molecule has 0 spiro atoms. The molecule has 0 radical (unpaired) electrons. The van der Waals surface area contributed by atoms with Crippen LogP contribution in [0, 0.1) is 0 Å². The Morgan fingerprint density at radius 1 is 1.39 bits per heavy atom. The molecule has 7 heteroatoms. The van der Waals surface area contributed by atoms with E-state index in [9.17, 15) is 9.59 Å². The van der Waals surface area contributed by atoms with Crippen molar-refractivity contribution in [1.82, 2.24) is 10.6 Å². The number of carbonyl (C=O) groups excluding carboxylic acids is 2. The molecule has 0 aliphatic carbocycles. The molecule has 0 saturated heterocycles. The molecule has 2 amide bonds. The molecule has 1 aromatic rings. The van der Waals surface area contributed by atoms with Gasteiger partial charge in [0.1, 0.15) is 6.61 Å². The molecule has 0 saturated carbocycles. The van der Waals surface area contributed by atoms with Crippen LogP contribution in [-0.2, 0) is 9.53 Å². The van der Waals surface area contributed by atoms with Gasteiger partial charge >= 0.3 is 12.0 Å². The normalized spacial score (nSPS) is 17.9. The number of hydrogen-bond donors (Lipinski definition) is 2. The van der Waals surface area contributed by atoms with E-state index in [2.05, 4.69) is 10.6 Å². The molecule has 1 aliphatic heterocycles. The van der Waals surface area contributed by atoms with Crippen LogP contribution in [0.25, 0.3) is 0 Å². The number of allylic oxidation sites excluding steroid dienone is 2. The summed E-state index contributed by atoms with van der Waals surface area (Å²) in [6.45, 7) is 3.62. The monoisotopic (exact) mass is 354 g/mol. The number of rotatable bonds is 4. The summed E-state index contributed by atoms with van der Waals surface area (Å²) >= 11 is 12.1. The second-order valence-electron chi connectivity index (χ2n) is 4.90. The Balaban J connectivity index is 2.39. The maximum absolute atomic E-state index is 12.4. The van der Waals surface area contributed by atoms with Crippen LogP contribution in [0.15, 0.2) is 41.6 Å². The van der Waals surface area contributed by atoms with Crippen molar-refractivity contribution in [1.29, 1.82) is 0 Å². The number of amides is 2. The fraction of sp³-hybridized carbons (Fsp3) is 0.250. The highest BCUT2D eigenvalue weighted by Gasteiger charge is 2.33. The van der Waals surface area contributed by atoms with Gasteiger partial charge in [0.05, 0.1) is 11.6 Å². The summed E-state index contributed by atoms with van der Waals surface area (Å²) in [5, 5.41) is 6.09. The van der Waals surface area contributed by atoms with Crippen molar-refractivity contribution in [2.75, 3.05) is 6.61 Å². The molecule has 1 aromatic carbocycles. The standard InChI is InChI=1S/C16H16Cl2N2O3/c1-3-4-7-23-15(21)13-9(2)19-16(22)20-14(13)11-6-5-10(17)8-12(11)18/h3-6,8,14H,7H2,1-2H3,(H2,19,20,22)/b4-3+/t14-/m0/s1. The summed E-state index contributed by atoms with van der Waals surface area (Å²) in [5.41, 5.74) is 1.30. The van der Waals surface area contributed by atoms with Crippen molar-refractivity contribution < 1.29 is 14.3 Å². The maximum atomic E-state index is 12.4. The van der Waals surface area contributed by atoms with Crippen LogP contribution in [0.4, 0.5) is 4.79 Å². The van der Waals surface area contributed by atoms with Crippen LogP contribution in [0.1, 0.15) is 25.5 Å². The molecule has 1 aliphatic rings. The molecule has 2 rings (SSSR count). The second-order valence-corrected chi connectivity index (χ2v) is 5.75. The van der Waals surface area contributed by atoms with E-state index in [-0.39, 0.29) is 6.61 Å². The largest absolute Gasteiger partial charge is 0.458 e. The van der Waals surface area contributed by atoms with E-state index in [1.807, 2.05) is 6.92 Å². The first-order valence-corrected chi connectivity index (χ1v) is 7.71. The van der Waals surface area contributed by atoms with Gasteiger partial charge < -0.3 is 15.4 Å². The maximum Gasteiger partial charge on any atom is 0.338 e. The molecule has 0 aromatic heterocycles. The summed E-state index contributed by atoms with van der Waals surface area (Å²) in [6, 6.07) is 3.77. The van der Waals surface area contributed by atoms with Gasteiger partial charge in [0.2, 0.25) is 0 Å². The van der Waals surface area contributed by atoms with Crippen molar-refractivity contribution in [2.45, 2.75) is 19.9 Å². The van der Waals surface area contributed by atoms with E-state index in [1.54, 1.807) is 37.3 Å². The van der Waals surface area contributed by atoms with Gasteiger partial charge in [-0.1, -0.05) is 41.4 Å². The molecule has 0 fully saturated rings. The summed E-state index contributed by atoms with van der Waals surface area (Å²) in [6.07, 6.45) is 3.50. The number of nitrogens with one attached hydrogen (secondary N) is 2. The smallest absolute Gasteiger partial charge is 0.338 e. The number of hydrogen-bond acceptors (Lipinski definition) is 3. The van der Waals surface area contributed by atoms with E-state index in [0.29, 0.717) is 26.9 Å². The third-order valence-electron chi connectivity index (χ3n) is 3.31. The number of benzene rings is 1. The third-order valence-corrected chi connectivity index (χ3v) is 3.87. The van der Waals surface area contributed by atoms with Crippen molar-refractivity contribution in [3.63, 3.8) is 0 Å². The average molecular weight is 355 g/mol. The fourth-order valence-corrected chi connectivity index (χ4v) is 2.75. The minimum Gasteiger partial charge on any atom is -0.458 e. The number of carbonyl (C=O) groups is 2. The van der Waals surface area contributed by atoms with Crippen LogP contribution < -0.4 is 10.6 Å². The molecule has 23 heavy (non-hydrogen) atoms. The molecule has 0 unspecified atom stereocenters. The summed E-state index contributed by atoms with van der Waals surface area (Å²) in [4.78, 5) is 24.2. The highest BCUT2D eigenvalue weighted by atomic mass is 35.5. The Morgan fingerprint density at radius 2 is 2.13 bits per heavy atom. The van der Waals surface area contributed by atoms with Crippen LogP contribution in [0.5, 0.6) is 0 Å². The first kappa shape index (κ1) is 17.4. The number of halogens is 2. The number of esters is 1. The molecular formula is C16H16Cl2N2O3. The minimum atomic E-state index is -0.702. The van der Waals surface area contributed by atoms with Gasteiger partial charge in [-0.3, -0.25) is 0 Å². The van der Waals surface area contributed by atoms with Gasteiger partial charge in [-0.2, -0.15) is 0 Å².